The van der Waals surface area contributed by atoms with E-state index in [0.717, 1.165) is 22.3 Å². The molecule has 2 aromatic carbocycles. The quantitative estimate of drug-likeness (QED) is 0.571. The van der Waals surface area contributed by atoms with Gasteiger partial charge < -0.3 is 20.3 Å². The van der Waals surface area contributed by atoms with Crippen LogP contribution in [-0.2, 0) is 20.9 Å². The molecule has 184 valence electrons. The van der Waals surface area contributed by atoms with Gasteiger partial charge in [-0.1, -0.05) is 61.0 Å². The highest BCUT2D eigenvalue weighted by atomic mass is 16.6. The lowest BCUT2D eigenvalue weighted by molar-refractivity contribution is -0.140. The number of hydrogen-bond acceptors (Lipinski definition) is 4. The van der Waals surface area contributed by atoms with Crippen LogP contribution >= 0.6 is 0 Å². The Balaban J connectivity index is 2.29. The van der Waals surface area contributed by atoms with Gasteiger partial charge in [0.2, 0.25) is 11.8 Å². The van der Waals surface area contributed by atoms with Crippen molar-refractivity contribution < 1.29 is 19.1 Å². The summed E-state index contributed by atoms with van der Waals surface area (Å²) in [5.74, 6) is -0.623. The van der Waals surface area contributed by atoms with E-state index in [4.69, 9.17) is 4.74 Å². The van der Waals surface area contributed by atoms with Crippen LogP contribution in [0.25, 0.3) is 0 Å². The smallest absolute Gasteiger partial charge is 0.408 e. The van der Waals surface area contributed by atoms with Crippen LogP contribution in [0.4, 0.5) is 4.79 Å². The lowest BCUT2D eigenvalue weighted by Crippen LogP contribution is -2.48. The number of rotatable bonds is 9. The second-order valence-corrected chi connectivity index (χ2v) is 9.41. The Labute approximate surface area is 202 Å². The molecule has 0 bridgehead atoms. The van der Waals surface area contributed by atoms with Gasteiger partial charge in [0.15, 0.2) is 0 Å². The molecule has 2 aromatic rings. The van der Waals surface area contributed by atoms with Crippen LogP contribution in [-0.4, -0.2) is 41.5 Å². The maximum Gasteiger partial charge on any atom is 0.408 e. The highest BCUT2D eigenvalue weighted by Crippen LogP contribution is 2.26. The van der Waals surface area contributed by atoms with Crippen LogP contribution in [0.2, 0.25) is 0 Å². The van der Waals surface area contributed by atoms with E-state index in [1.807, 2.05) is 69.3 Å². The van der Waals surface area contributed by atoms with Crippen LogP contribution < -0.4 is 10.6 Å². The number of carbonyl (C=O) groups is 3. The fraction of sp³-hybridized carbons (Fsp3) is 0.444. The van der Waals surface area contributed by atoms with Crippen LogP contribution in [0.3, 0.4) is 0 Å². The Morgan fingerprint density at radius 2 is 1.68 bits per heavy atom. The number of benzene rings is 2. The molecule has 0 aliphatic heterocycles. The van der Waals surface area contributed by atoms with E-state index in [0.29, 0.717) is 19.5 Å². The monoisotopic (exact) mass is 467 g/mol. The second-order valence-electron chi connectivity index (χ2n) is 9.41. The zero-order chi connectivity index (χ0) is 25.3. The summed E-state index contributed by atoms with van der Waals surface area (Å²) in [6.07, 6.45) is -0.0140. The molecule has 0 saturated heterocycles. The Morgan fingerprint density at radius 1 is 1.00 bits per heavy atom. The topological polar surface area (TPSA) is 87.7 Å². The summed E-state index contributed by atoms with van der Waals surface area (Å²) in [7, 11) is 0. The molecule has 3 amide bonds. The SMILES string of the molecule is CCCN(C(=O)CNC(=O)OC(C)(C)C)C(C(=O)NCc1ccccc1)c1ccc(C)cc1C. The zero-order valence-electron chi connectivity index (χ0n) is 21.1. The third-order valence-corrected chi connectivity index (χ3v) is 5.16. The normalized spacial score (nSPS) is 11.9. The second kappa shape index (κ2) is 12.2. The van der Waals surface area contributed by atoms with Crippen LogP contribution in [0.15, 0.2) is 48.5 Å². The predicted octanol–water partition coefficient (Wildman–Crippen LogP) is 4.42. The standard InChI is InChI=1S/C27H37N3O4/c1-7-15-30(23(31)18-29-26(33)34-27(4,5)6)24(22-14-13-19(2)16-20(22)3)25(32)28-17-21-11-9-8-10-12-21/h8-14,16,24H,7,15,17-18H2,1-6H3,(H,28,32)(H,29,33). The zero-order valence-corrected chi connectivity index (χ0v) is 21.1. The van der Waals surface area contributed by atoms with Crippen molar-refractivity contribution >= 4 is 17.9 Å². The van der Waals surface area contributed by atoms with E-state index in [1.165, 1.54) is 4.90 Å². The number of hydrogen-bond donors (Lipinski definition) is 2. The highest BCUT2D eigenvalue weighted by molar-refractivity contribution is 5.90. The number of nitrogens with zero attached hydrogens (tertiary/aromatic N) is 1. The average molecular weight is 468 g/mol. The minimum absolute atomic E-state index is 0.262. The van der Waals surface area contributed by atoms with Crippen molar-refractivity contribution in [1.29, 1.82) is 0 Å². The summed E-state index contributed by atoms with van der Waals surface area (Å²) in [4.78, 5) is 40.4. The van der Waals surface area contributed by atoms with Crippen molar-refractivity contribution in [2.24, 2.45) is 0 Å². The van der Waals surface area contributed by atoms with Crippen LogP contribution in [0.5, 0.6) is 0 Å². The minimum atomic E-state index is -0.822. The average Bonchev–Trinajstić information content (AvgIpc) is 2.76. The molecular formula is C27H37N3O4. The molecular weight excluding hydrogens is 430 g/mol. The van der Waals surface area contributed by atoms with E-state index in [2.05, 4.69) is 10.6 Å². The number of carbonyl (C=O) groups excluding carboxylic acids is 3. The molecule has 2 rings (SSSR count). The third-order valence-electron chi connectivity index (χ3n) is 5.16. The molecule has 0 heterocycles. The van der Waals surface area contributed by atoms with Crippen molar-refractivity contribution in [2.75, 3.05) is 13.1 Å². The maximum atomic E-state index is 13.5. The molecule has 0 aliphatic rings. The summed E-state index contributed by atoms with van der Waals surface area (Å²) in [6.45, 7) is 11.6. The molecule has 0 aromatic heterocycles. The number of alkyl carbamates (subject to hydrolysis) is 1. The predicted molar refractivity (Wildman–Crippen MR) is 133 cm³/mol. The fourth-order valence-corrected chi connectivity index (χ4v) is 3.67. The fourth-order valence-electron chi connectivity index (χ4n) is 3.67. The number of ether oxygens (including phenoxy) is 1. The van der Waals surface area contributed by atoms with Gasteiger partial charge in [0.25, 0.3) is 0 Å². The summed E-state index contributed by atoms with van der Waals surface area (Å²) in [6, 6.07) is 14.6. The largest absolute Gasteiger partial charge is 0.444 e. The molecule has 0 radical (unpaired) electrons. The van der Waals surface area contributed by atoms with E-state index in [1.54, 1.807) is 20.8 Å². The van der Waals surface area contributed by atoms with Crippen molar-refractivity contribution in [3.05, 3.63) is 70.8 Å². The minimum Gasteiger partial charge on any atom is -0.444 e. The molecule has 7 nitrogen and oxygen atoms in total. The summed E-state index contributed by atoms with van der Waals surface area (Å²) >= 11 is 0. The van der Waals surface area contributed by atoms with E-state index >= 15 is 0 Å². The first-order chi connectivity index (χ1) is 16.0. The molecule has 0 saturated carbocycles. The van der Waals surface area contributed by atoms with Crippen LogP contribution in [0.1, 0.15) is 62.4 Å². The molecule has 7 heteroatoms. The first-order valence-electron chi connectivity index (χ1n) is 11.7. The van der Waals surface area contributed by atoms with Gasteiger partial charge in [0, 0.05) is 13.1 Å². The van der Waals surface area contributed by atoms with E-state index in [-0.39, 0.29) is 18.4 Å². The van der Waals surface area contributed by atoms with E-state index < -0.39 is 17.7 Å². The summed E-state index contributed by atoms with van der Waals surface area (Å²) < 4.78 is 5.24. The Morgan fingerprint density at radius 3 is 2.26 bits per heavy atom. The molecule has 0 aliphatic carbocycles. The van der Waals surface area contributed by atoms with Gasteiger partial charge >= 0.3 is 6.09 Å². The van der Waals surface area contributed by atoms with Gasteiger partial charge in [-0.3, -0.25) is 9.59 Å². The van der Waals surface area contributed by atoms with Gasteiger partial charge in [-0.25, -0.2) is 4.79 Å². The molecule has 0 fully saturated rings. The Kier molecular flexibility index (Phi) is 9.66. The lowest BCUT2D eigenvalue weighted by atomic mass is 9.96. The Hall–Kier alpha value is -3.35. The van der Waals surface area contributed by atoms with Gasteiger partial charge in [-0.05, 0) is 57.7 Å². The van der Waals surface area contributed by atoms with Crippen molar-refractivity contribution in [3.63, 3.8) is 0 Å². The third kappa shape index (κ3) is 8.21. The molecule has 34 heavy (non-hydrogen) atoms. The Bertz CT molecular complexity index is 983. The molecule has 2 N–H and O–H groups in total. The first kappa shape index (κ1) is 26.9. The number of aryl methyl sites for hydroxylation is 2. The van der Waals surface area contributed by atoms with Gasteiger partial charge in [0.1, 0.15) is 18.2 Å². The van der Waals surface area contributed by atoms with Crippen molar-refractivity contribution in [1.82, 2.24) is 15.5 Å². The van der Waals surface area contributed by atoms with Crippen molar-refractivity contribution in [3.8, 4) is 0 Å². The number of amides is 3. The van der Waals surface area contributed by atoms with Gasteiger partial charge in [-0.15, -0.1) is 0 Å². The maximum absolute atomic E-state index is 13.5. The molecule has 0 spiro atoms. The highest BCUT2D eigenvalue weighted by Gasteiger charge is 2.32. The lowest BCUT2D eigenvalue weighted by Gasteiger charge is -2.32. The molecule has 1 unspecified atom stereocenters. The summed E-state index contributed by atoms with van der Waals surface area (Å²) in [5.41, 5.74) is 3.05. The van der Waals surface area contributed by atoms with Crippen LogP contribution in [0, 0.1) is 13.8 Å². The first-order valence-corrected chi connectivity index (χ1v) is 11.7. The molecule has 1 atom stereocenters. The number of nitrogens with one attached hydrogen (secondary N) is 2. The van der Waals surface area contributed by atoms with Crippen molar-refractivity contribution in [2.45, 2.75) is 66.2 Å². The summed E-state index contributed by atoms with van der Waals surface area (Å²) in [5, 5.41) is 5.50. The van der Waals surface area contributed by atoms with Gasteiger partial charge in [-0.2, -0.15) is 0 Å². The van der Waals surface area contributed by atoms with Gasteiger partial charge in [0.05, 0.1) is 0 Å². The van der Waals surface area contributed by atoms with E-state index in [9.17, 15) is 14.4 Å².